The highest BCUT2D eigenvalue weighted by atomic mass is 32.2. The van der Waals surface area contributed by atoms with Crippen LogP contribution in [0.2, 0.25) is 0 Å². The maximum absolute atomic E-state index is 12.6. The van der Waals surface area contributed by atoms with Crippen molar-refractivity contribution in [2.45, 2.75) is 57.3 Å². The Morgan fingerprint density at radius 1 is 1.10 bits per heavy atom. The predicted molar refractivity (Wildman–Crippen MR) is 121 cm³/mol. The highest BCUT2D eigenvalue weighted by Gasteiger charge is 2.17. The van der Waals surface area contributed by atoms with Gasteiger partial charge in [0.05, 0.1) is 11.8 Å². The molecule has 0 saturated heterocycles. The summed E-state index contributed by atoms with van der Waals surface area (Å²) in [6.45, 7) is 4.87. The van der Waals surface area contributed by atoms with E-state index in [0.717, 1.165) is 29.5 Å². The standard InChI is InChI=1S/C24H28N4OS/c1-3-28-23(19-10-5-4-6-11-19)26-27-24(28)30-16-22(29)25-17(2)20-14-13-18-9-7-8-12-21(18)15-20/h4-6,10-11,13-15,17H,3,7-9,12,16H2,1-2H3,(H,25,29)/t17-/m0/s1. The smallest absolute Gasteiger partial charge is 0.230 e. The second-order valence-corrected chi connectivity index (χ2v) is 8.67. The molecule has 5 nitrogen and oxygen atoms in total. The Hall–Kier alpha value is -2.60. The molecule has 0 fully saturated rings. The minimum atomic E-state index is -0.00532. The first-order valence-electron chi connectivity index (χ1n) is 10.7. The number of rotatable bonds is 7. The van der Waals surface area contributed by atoms with Gasteiger partial charge in [-0.25, -0.2) is 0 Å². The molecule has 2 aromatic carbocycles. The van der Waals surface area contributed by atoms with Crippen molar-refractivity contribution in [2.24, 2.45) is 0 Å². The lowest BCUT2D eigenvalue weighted by Crippen LogP contribution is -2.28. The molecular weight excluding hydrogens is 392 g/mol. The van der Waals surface area contributed by atoms with Gasteiger partial charge in [0.1, 0.15) is 0 Å². The second-order valence-electron chi connectivity index (χ2n) is 7.73. The molecule has 1 amide bonds. The number of hydrogen-bond acceptors (Lipinski definition) is 4. The second kappa shape index (κ2) is 9.47. The number of amides is 1. The molecule has 0 spiro atoms. The van der Waals surface area contributed by atoms with Crippen LogP contribution in [0, 0.1) is 0 Å². The fourth-order valence-electron chi connectivity index (χ4n) is 4.00. The first kappa shape index (κ1) is 20.7. The summed E-state index contributed by atoms with van der Waals surface area (Å²) >= 11 is 1.43. The summed E-state index contributed by atoms with van der Waals surface area (Å²) in [5.41, 5.74) is 5.12. The van der Waals surface area contributed by atoms with E-state index in [-0.39, 0.29) is 11.9 Å². The van der Waals surface area contributed by atoms with Crippen molar-refractivity contribution < 1.29 is 4.79 Å². The fourth-order valence-corrected chi connectivity index (χ4v) is 4.81. The van der Waals surface area contributed by atoms with Gasteiger partial charge in [-0.15, -0.1) is 10.2 Å². The molecule has 1 N–H and O–H groups in total. The van der Waals surface area contributed by atoms with Gasteiger partial charge in [0.15, 0.2) is 11.0 Å². The molecule has 1 aliphatic carbocycles. The third-order valence-electron chi connectivity index (χ3n) is 5.65. The van der Waals surface area contributed by atoms with Crippen molar-refractivity contribution >= 4 is 17.7 Å². The molecule has 0 unspecified atom stereocenters. The normalized spacial score (nSPS) is 14.2. The van der Waals surface area contributed by atoms with Gasteiger partial charge >= 0.3 is 0 Å². The topological polar surface area (TPSA) is 59.8 Å². The summed E-state index contributed by atoms with van der Waals surface area (Å²) in [6.07, 6.45) is 4.87. The zero-order valence-electron chi connectivity index (χ0n) is 17.6. The largest absolute Gasteiger partial charge is 0.349 e. The summed E-state index contributed by atoms with van der Waals surface area (Å²) < 4.78 is 2.06. The molecular formula is C24H28N4OS. The zero-order valence-corrected chi connectivity index (χ0v) is 18.4. The quantitative estimate of drug-likeness (QED) is 0.557. The van der Waals surface area contributed by atoms with Gasteiger partial charge in [0, 0.05) is 12.1 Å². The van der Waals surface area contributed by atoms with Crippen molar-refractivity contribution in [2.75, 3.05) is 5.75 Å². The number of nitrogens with zero attached hydrogens (tertiary/aromatic N) is 3. The average Bonchev–Trinajstić information content (AvgIpc) is 3.21. The molecule has 0 saturated carbocycles. The number of fused-ring (bicyclic) bond motifs is 1. The highest BCUT2D eigenvalue weighted by molar-refractivity contribution is 7.99. The molecule has 4 rings (SSSR count). The molecule has 0 radical (unpaired) electrons. The van der Waals surface area contributed by atoms with Crippen LogP contribution in [0.3, 0.4) is 0 Å². The molecule has 1 atom stereocenters. The Morgan fingerprint density at radius 2 is 1.87 bits per heavy atom. The van der Waals surface area contributed by atoms with E-state index in [9.17, 15) is 4.79 Å². The average molecular weight is 421 g/mol. The summed E-state index contributed by atoms with van der Waals surface area (Å²) in [5.74, 6) is 1.17. The number of carbonyl (C=O) groups excluding carboxylic acids is 1. The maximum Gasteiger partial charge on any atom is 0.230 e. The van der Waals surface area contributed by atoms with E-state index in [1.165, 1.54) is 47.7 Å². The Morgan fingerprint density at radius 3 is 2.63 bits per heavy atom. The molecule has 6 heteroatoms. The van der Waals surface area contributed by atoms with Gasteiger partial charge in [0.25, 0.3) is 0 Å². The molecule has 0 bridgehead atoms. The summed E-state index contributed by atoms with van der Waals surface area (Å²) in [7, 11) is 0. The molecule has 1 aromatic heterocycles. The van der Waals surface area contributed by atoms with Gasteiger partial charge < -0.3 is 9.88 Å². The Kier molecular flexibility index (Phi) is 6.53. The van der Waals surface area contributed by atoms with Gasteiger partial charge in [-0.3, -0.25) is 4.79 Å². The van der Waals surface area contributed by atoms with Gasteiger partial charge in [-0.1, -0.05) is 60.3 Å². The molecule has 0 aliphatic heterocycles. The van der Waals surface area contributed by atoms with Crippen molar-refractivity contribution in [3.63, 3.8) is 0 Å². The van der Waals surface area contributed by atoms with Crippen LogP contribution in [0.5, 0.6) is 0 Å². The minimum Gasteiger partial charge on any atom is -0.349 e. The van der Waals surface area contributed by atoms with Crippen LogP contribution < -0.4 is 5.32 Å². The van der Waals surface area contributed by atoms with Crippen molar-refractivity contribution in [1.29, 1.82) is 0 Å². The Labute approximate surface area is 182 Å². The Bertz CT molecular complexity index is 1020. The SMILES string of the molecule is CCn1c(SCC(=O)N[C@@H](C)c2ccc3c(c2)CCCC3)nnc1-c1ccccc1. The first-order chi connectivity index (χ1) is 14.7. The van der Waals surface area contributed by atoms with Crippen molar-refractivity contribution in [3.8, 4) is 11.4 Å². The van der Waals surface area contributed by atoms with Crippen LogP contribution in [-0.2, 0) is 24.2 Å². The van der Waals surface area contributed by atoms with Crippen LogP contribution in [0.4, 0.5) is 0 Å². The van der Waals surface area contributed by atoms with Crippen molar-refractivity contribution in [3.05, 3.63) is 65.2 Å². The van der Waals surface area contributed by atoms with Gasteiger partial charge in [-0.05, 0) is 56.2 Å². The number of nitrogens with one attached hydrogen (secondary N) is 1. The third-order valence-corrected chi connectivity index (χ3v) is 6.61. The van der Waals surface area contributed by atoms with Crippen LogP contribution in [0.15, 0.2) is 53.7 Å². The van der Waals surface area contributed by atoms with E-state index in [1.54, 1.807) is 0 Å². The van der Waals surface area contributed by atoms with E-state index in [4.69, 9.17) is 0 Å². The number of aromatic nitrogens is 3. The van der Waals surface area contributed by atoms with Gasteiger partial charge in [-0.2, -0.15) is 0 Å². The number of thioether (sulfide) groups is 1. The lowest BCUT2D eigenvalue weighted by Gasteiger charge is -2.20. The van der Waals surface area contributed by atoms with Crippen LogP contribution in [0.1, 0.15) is 49.4 Å². The maximum atomic E-state index is 12.6. The molecule has 1 heterocycles. The molecule has 30 heavy (non-hydrogen) atoms. The molecule has 156 valence electrons. The lowest BCUT2D eigenvalue weighted by molar-refractivity contribution is -0.119. The first-order valence-corrected chi connectivity index (χ1v) is 11.7. The predicted octanol–water partition coefficient (Wildman–Crippen LogP) is 4.81. The number of hydrogen-bond donors (Lipinski definition) is 1. The van der Waals surface area contributed by atoms with E-state index >= 15 is 0 Å². The van der Waals surface area contributed by atoms with E-state index in [1.807, 2.05) is 30.3 Å². The van der Waals surface area contributed by atoms with Gasteiger partial charge in [0.2, 0.25) is 5.91 Å². The highest BCUT2D eigenvalue weighted by Crippen LogP contribution is 2.26. The zero-order chi connectivity index (χ0) is 20.9. The third kappa shape index (κ3) is 4.59. The summed E-state index contributed by atoms with van der Waals surface area (Å²) in [5, 5.41) is 12.6. The molecule has 1 aliphatic rings. The summed E-state index contributed by atoms with van der Waals surface area (Å²) in [4.78, 5) is 12.6. The minimum absolute atomic E-state index is 0.00532. The van der Waals surface area contributed by atoms with E-state index in [0.29, 0.717) is 5.75 Å². The van der Waals surface area contributed by atoms with Crippen LogP contribution in [-0.4, -0.2) is 26.4 Å². The monoisotopic (exact) mass is 420 g/mol. The number of carbonyl (C=O) groups is 1. The summed E-state index contributed by atoms with van der Waals surface area (Å²) in [6, 6.07) is 16.7. The van der Waals surface area contributed by atoms with Crippen LogP contribution >= 0.6 is 11.8 Å². The number of benzene rings is 2. The Balaban J connectivity index is 1.37. The van der Waals surface area contributed by atoms with Crippen molar-refractivity contribution in [1.82, 2.24) is 20.1 Å². The van der Waals surface area contributed by atoms with E-state index < -0.39 is 0 Å². The fraction of sp³-hybridized carbons (Fsp3) is 0.375. The van der Waals surface area contributed by atoms with Crippen LogP contribution in [0.25, 0.3) is 11.4 Å². The molecule has 3 aromatic rings. The van der Waals surface area contributed by atoms with E-state index in [2.05, 4.69) is 52.1 Å². The number of aryl methyl sites for hydroxylation is 2. The lowest BCUT2D eigenvalue weighted by atomic mass is 9.89.